The van der Waals surface area contributed by atoms with E-state index in [0.717, 1.165) is 16.9 Å². The van der Waals surface area contributed by atoms with Gasteiger partial charge in [-0.05, 0) is 51.0 Å². The van der Waals surface area contributed by atoms with Gasteiger partial charge >= 0.3 is 0 Å². The first kappa shape index (κ1) is 24.3. The van der Waals surface area contributed by atoms with Gasteiger partial charge in [-0.25, -0.2) is 0 Å². The molecule has 6 heteroatoms. The van der Waals surface area contributed by atoms with Crippen LogP contribution in [0, 0.1) is 6.92 Å². The van der Waals surface area contributed by atoms with E-state index in [1.165, 1.54) is 5.56 Å². The number of thioether (sulfide) groups is 1. The van der Waals surface area contributed by atoms with Crippen molar-refractivity contribution in [1.82, 2.24) is 10.2 Å². The summed E-state index contributed by atoms with van der Waals surface area (Å²) in [6, 6.07) is 15.2. The predicted octanol–water partition coefficient (Wildman–Crippen LogP) is 5.46. The molecule has 2 aromatic rings. The van der Waals surface area contributed by atoms with E-state index in [-0.39, 0.29) is 17.9 Å². The molecule has 0 saturated carbocycles. The lowest BCUT2D eigenvalue weighted by molar-refractivity contribution is -0.140. The summed E-state index contributed by atoms with van der Waals surface area (Å²) in [5, 5.41) is 3.58. The van der Waals surface area contributed by atoms with Gasteiger partial charge in [-0.1, -0.05) is 54.4 Å². The third kappa shape index (κ3) is 7.37. The lowest BCUT2D eigenvalue weighted by atomic mass is 10.1. The molecule has 0 aliphatic rings. The third-order valence-electron chi connectivity index (χ3n) is 5.07. The number of aryl methyl sites for hydroxylation is 1. The Morgan fingerprint density at radius 1 is 1.10 bits per heavy atom. The minimum Gasteiger partial charge on any atom is -0.352 e. The van der Waals surface area contributed by atoms with Gasteiger partial charge < -0.3 is 10.2 Å². The van der Waals surface area contributed by atoms with Crippen LogP contribution in [0.3, 0.4) is 0 Å². The van der Waals surface area contributed by atoms with E-state index >= 15 is 0 Å². The van der Waals surface area contributed by atoms with Crippen molar-refractivity contribution in [2.24, 2.45) is 0 Å². The molecule has 0 aliphatic carbocycles. The van der Waals surface area contributed by atoms with Crippen LogP contribution in [-0.2, 0) is 16.1 Å². The Balaban J connectivity index is 2.08. The summed E-state index contributed by atoms with van der Waals surface area (Å²) in [6.45, 7) is 8.12. The van der Waals surface area contributed by atoms with Crippen LogP contribution < -0.4 is 5.32 Å². The highest BCUT2D eigenvalue weighted by molar-refractivity contribution is 7.99. The van der Waals surface area contributed by atoms with Gasteiger partial charge in [0.2, 0.25) is 11.8 Å². The molecule has 0 fully saturated rings. The topological polar surface area (TPSA) is 49.4 Å². The van der Waals surface area contributed by atoms with Crippen molar-refractivity contribution in [3.05, 3.63) is 64.7 Å². The first-order valence-electron chi connectivity index (χ1n) is 10.3. The van der Waals surface area contributed by atoms with E-state index in [2.05, 4.69) is 36.5 Å². The van der Waals surface area contributed by atoms with Gasteiger partial charge in [-0.3, -0.25) is 9.59 Å². The fourth-order valence-corrected chi connectivity index (χ4v) is 3.93. The molecular weight excluding hydrogens is 416 g/mol. The molecule has 0 unspecified atom stereocenters. The van der Waals surface area contributed by atoms with E-state index in [9.17, 15) is 9.59 Å². The van der Waals surface area contributed by atoms with E-state index in [1.54, 1.807) is 29.7 Å². The Kier molecular flexibility index (Phi) is 9.73. The molecule has 4 nitrogen and oxygen atoms in total. The van der Waals surface area contributed by atoms with Gasteiger partial charge in [-0.15, -0.1) is 11.8 Å². The lowest BCUT2D eigenvalue weighted by Crippen LogP contribution is -2.49. The van der Waals surface area contributed by atoms with Gasteiger partial charge in [-0.2, -0.15) is 0 Å². The van der Waals surface area contributed by atoms with Crippen molar-refractivity contribution in [2.75, 3.05) is 5.75 Å². The monoisotopic (exact) mass is 446 g/mol. The lowest BCUT2D eigenvalue weighted by Gasteiger charge is -2.30. The summed E-state index contributed by atoms with van der Waals surface area (Å²) in [4.78, 5) is 28.6. The molecule has 0 spiro atoms. The van der Waals surface area contributed by atoms with E-state index in [0.29, 0.717) is 23.7 Å². The number of halogens is 1. The second-order valence-corrected chi connectivity index (χ2v) is 9.09. The summed E-state index contributed by atoms with van der Waals surface area (Å²) in [6.07, 6.45) is 1.19. The van der Waals surface area contributed by atoms with Crippen LogP contribution in [0.15, 0.2) is 53.4 Å². The fourth-order valence-electron chi connectivity index (χ4n) is 2.89. The van der Waals surface area contributed by atoms with Crippen LogP contribution in [0.2, 0.25) is 5.02 Å². The number of nitrogens with zero attached hydrogens (tertiary/aromatic N) is 1. The van der Waals surface area contributed by atoms with Crippen LogP contribution in [0.4, 0.5) is 0 Å². The van der Waals surface area contributed by atoms with Gasteiger partial charge in [0, 0.05) is 34.7 Å². The smallest absolute Gasteiger partial charge is 0.242 e. The van der Waals surface area contributed by atoms with E-state index < -0.39 is 6.04 Å². The molecule has 2 aromatic carbocycles. The normalized spacial score (nSPS) is 12.8. The number of hydrogen-bond donors (Lipinski definition) is 1. The molecule has 2 rings (SSSR count). The maximum Gasteiger partial charge on any atom is 0.242 e. The highest BCUT2D eigenvalue weighted by Gasteiger charge is 2.27. The second kappa shape index (κ2) is 12.0. The average molecular weight is 447 g/mol. The van der Waals surface area contributed by atoms with Crippen LogP contribution >= 0.6 is 23.4 Å². The summed E-state index contributed by atoms with van der Waals surface area (Å²) in [7, 11) is 0. The average Bonchev–Trinajstić information content (AvgIpc) is 2.73. The Hall–Kier alpha value is -1.98. The Bertz CT molecular complexity index is 841. The molecule has 162 valence electrons. The quantitative estimate of drug-likeness (QED) is 0.493. The Labute approximate surface area is 189 Å². The SMILES string of the molecule is CC[C@H](C)NC(=O)[C@H](C)N(Cc1ccccc1Cl)C(=O)CCSc1ccc(C)cc1. The highest BCUT2D eigenvalue weighted by atomic mass is 35.5. The molecule has 2 atom stereocenters. The summed E-state index contributed by atoms with van der Waals surface area (Å²) < 4.78 is 0. The Morgan fingerprint density at radius 3 is 2.40 bits per heavy atom. The van der Waals surface area contributed by atoms with Crippen LogP contribution in [0.5, 0.6) is 0 Å². The number of carbonyl (C=O) groups excluding carboxylic acids is 2. The third-order valence-corrected chi connectivity index (χ3v) is 6.45. The van der Waals surface area contributed by atoms with E-state index in [4.69, 9.17) is 11.6 Å². The molecule has 1 N–H and O–H groups in total. The number of hydrogen-bond acceptors (Lipinski definition) is 3. The largest absolute Gasteiger partial charge is 0.352 e. The number of benzene rings is 2. The van der Waals surface area contributed by atoms with Gasteiger partial charge in [0.1, 0.15) is 6.04 Å². The first-order valence-corrected chi connectivity index (χ1v) is 11.7. The fraction of sp³-hybridized carbons (Fsp3) is 0.417. The zero-order valence-corrected chi connectivity index (χ0v) is 19.7. The van der Waals surface area contributed by atoms with Crippen molar-refractivity contribution in [3.63, 3.8) is 0 Å². The van der Waals surface area contributed by atoms with E-state index in [1.807, 2.05) is 32.0 Å². The standard InChI is InChI=1S/C24H31ClN2O2S/c1-5-18(3)26-24(29)19(4)27(16-20-8-6-7-9-22(20)25)23(28)14-15-30-21-12-10-17(2)11-13-21/h6-13,18-19H,5,14-16H2,1-4H3,(H,26,29)/t18-,19-/m0/s1. The number of carbonyl (C=O) groups is 2. The summed E-state index contributed by atoms with van der Waals surface area (Å²) in [5.74, 6) is 0.456. The van der Waals surface area contributed by atoms with Gasteiger partial charge in [0.05, 0.1) is 0 Å². The van der Waals surface area contributed by atoms with Crippen molar-refractivity contribution < 1.29 is 9.59 Å². The summed E-state index contributed by atoms with van der Waals surface area (Å²) in [5.41, 5.74) is 2.05. The molecule has 0 heterocycles. The number of rotatable bonds is 10. The zero-order chi connectivity index (χ0) is 22.1. The van der Waals surface area contributed by atoms with Crippen LogP contribution in [-0.4, -0.2) is 34.6 Å². The van der Waals surface area contributed by atoms with Crippen LogP contribution in [0.1, 0.15) is 44.7 Å². The van der Waals surface area contributed by atoms with Crippen molar-refractivity contribution in [1.29, 1.82) is 0 Å². The molecule has 0 saturated heterocycles. The summed E-state index contributed by atoms with van der Waals surface area (Å²) >= 11 is 7.96. The first-order chi connectivity index (χ1) is 14.3. The number of nitrogens with one attached hydrogen (secondary N) is 1. The van der Waals surface area contributed by atoms with Gasteiger partial charge in [0.25, 0.3) is 0 Å². The van der Waals surface area contributed by atoms with Crippen molar-refractivity contribution in [3.8, 4) is 0 Å². The zero-order valence-electron chi connectivity index (χ0n) is 18.2. The van der Waals surface area contributed by atoms with Crippen LogP contribution in [0.25, 0.3) is 0 Å². The molecule has 0 aromatic heterocycles. The van der Waals surface area contributed by atoms with Gasteiger partial charge in [0.15, 0.2) is 0 Å². The highest BCUT2D eigenvalue weighted by Crippen LogP contribution is 2.22. The molecule has 0 aliphatic heterocycles. The minimum absolute atomic E-state index is 0.0543. The maximum atomic E-state index is 13.1. The predicted molar refractivity (Wildman–Crippen MR) is 126 cm³/mol. The van der Waals surface area contributed by atoms with Crippen molar-refractivity contribution in [2.45, 2.75) is 64.1 Å². The second-order valence-electron chi connectivity index (χ2n) is 7.52. The molecule has 0 bridgehead atoms. The molecule has 0 radical (unpaired) electrons. The Morgan fingerprint density at radius 2 is 1.77 bits per heavy atom. The minimum atomic E-state index is -0.577. The maximum absolute atomic E-state index is 13.1. The number of amides is 2. The van der Waals surface area contributed by atoms with Crippen molar-refractivity contribution >= 4 is 35.2 Å². The molecular formula is C24H31ClN2O2S. The molecule has 30 heavy (non-hydrogen) atoms. The molecule has 2 amide bonds.